The largest absolute Gasteiger partial charge is 0.433 e. The lowest BCUT2D eigenvalue weighted by Gasteiger charge is -2.31. The predicted molar refractivity (Wildman–Crippen MR) is 218 cm³/mol. The van der Waals surface area contributed by atoms with Crippen LogP contribution in [-0.2, 0) is 15.7 Å². The summed E-state index contributed by atoms with van der Waals surface area (Å²) in [6.45, 7) is 10.1. The van der Waals surface area contributed by atoms with Gasteiger partial charge < -0.3 is 19.3 Å². The van der Waals surface area contributed by atoms with Gasteiger partial charge in [0.25, 0.3) is 5.91 Å². The molecule has 2 atom stereocenters. The van der Waals surface area contributed by atoms with Crippen LogP contribution >= 0.6 is 0 Å². The van der Waals surface area contributed by atoms with E-state index in [0.717, 1.165) is 95.4 Å². The number of hydrazone groups is 1. The maximum Gasteiger partial charge on any atom is 0.433 e. The van der Waals surface area contributed by atoms with E-state index in [1.165, 1.54) is 11.1 Å². The number of benzene rings is 3. The molecule has 0 spiro atoms. The molecule has 2 saturated heterocycles. The summed E-state index contributed by atoms with van der Waals surface area (Å²) in [4.78, 5) is 23.9. The average Bonchev–Trinajstić information content (AvgIpc) is 3.87. The Kier molecular flexibility index (Phi) is 10.3. The van der Waals surface area contributed by atoms with Crippen molar-refractivity contribution in [3.63, 3.8) is 0 Å². The third-order valence-corrected chi connectivity index (χ3v) is 11.7. The molecule has 3 fully saturated rings. The number of rotatable bonds is 7. The molecule has 9 rings (SSSR count). The topological polar surface area (TPSA) is 87.8 Å². The number of ether oxygens (including phenoxy) is 2. The normalized spacial score (nSPS) is 20.9. The fourth-order valence-electron chi connectivity index (χ4n) is 8.59. The Balaban J connectivity index is 1.09. The first kappa shape index (κ1) is 38.0. The molecule has 0 N–H and O–H groups in total. The maximum absolute atomic E-state index is 14.7. The van der Waals surface area contributed by atoms with Crippen LogP contribution < -0.4 is 9.80 Å². The molecule has 2 unspecified atom stereocenters. The Morgan fingerprint density at radius 3 is 2.05 bits per heavy atom. The summed E-state index contributed by atoms with van der Waals surface area (Å²) in [6, 6.07) is 25.9. The third-order valence-electron chi connectivity index (χ3n) is 11.7. The van der Waals surface area contributed by atoms with Crippen molar-refractivity contribution in [3.05, 3.63) is 119 Å². The summed E-state index contributed by atoms with van der Waals surface area (Å²) < 4.78 is 55.8. The van der Waals surface area contributed by atoms with Crippen LogP contribution in [0.2, 0.25) is 0 Å². The van der Waals surface area contributed by atoms with E-state index in [1.54, 1.807) is 12.1 Å². The lowest BCUT2D eigenvalue weighted by molar-refractivity contribution is -0.142. The number of alkyl halides is 3. The minimum absolute atomic E-state index is 0.0714. The smallest absolute Gasteiger partial charge is 0.378 e. The number of aromatic nitrogens is 3. The molecule has 1 aliphatic carbocycles. The van der Waals surface area contributed by atoms with Crippen LogP contribution in [0.3, 0.4) is 0 Å². The molecule has 0 bridgehead atoms. The van der Waals surface area contributed by atoms with E-state index in [1.807, 2.05) is 24.3 Å². The minimum atomic E-state index is -4.76. The van der Waals surface area contributed by atoms with Crippen molar-refractivity contribution in [1.29, 1.82) is 0 Å². The number of hydrogen-bond donors (Lipinski definition) is 0. The van der Waals surface area contributed by atoms with E-state index in [4.69, 9.17) is 14.6 Å². The average molecular weight is 790 g/mol. The van der Waals surface area contributed by atoms with Crippen LogP contribution in [0, 0.1) is 5.92 Å². The second kappa shape index (κ2) is 15.7. The Morgan fingerprint density at radius 2 is 1.45 bits per heavy atom. The zero-order valence-corrected chi connectivity index (χ0v) is 32.7. The molecule has 58 heavy (non-hydrogen) atoms. The van der Waals surface area contributed by atoms with E-state index >= 15 is 0 Å². The van der Waals surface area contributed by atoms with Crippen LogP contribution in [0.1, 0.15) is 77.9 Å². The van der Waals surface area contributed by atoms with Gasteiger partial charge in [-0.05, 0) is 83.9 Å². The highest BCUT2D eigenvalue weighted by molar-refractivity contribution is 6.09. The Labute approximate surface area is 335 Å². The molecular formula is C45H46F3N7O3. The first-order chi connectivity index (χ1) is 28.1. The fourth-order valence-corrected chi connectivity index (χ4v) is 8.59. The molecule has 5 heterocycles. The molecule has 3 aliphatic heterocycles. The van der Waals surface area contributed by atoms with Gasteiger partial charge in [-0.1, -0.05) is 62.4 Å². The van der Waals surface area contributed by atoms with Crippen molar-refractivity contribution in [1.82, 2.24) is 19.6 Å². The second-order valence-electron chi connectivity index (χ2n) is 15.7. The highest BCUT2D eigenvalue weighted by atomic mass is 19.4. The summed E-state index contributed by atoms with van der Waals surface area (Å²) in [5.74, 6) is -0.436. The lowest BCUT2D eigenvalue weighted by Crippen LogP contribution is -2.36. The van der Waals surface area contributed by atoms with Crippen LogP contribution in [0.25, 0.3) is 23.0 Å². The SMILES string of the molecule is CC(C)c1ccc(-c2cc(C(F)(F)F)n3nc(C(=O)N4N=C5/C(=C/c6ccc(N7CCOCC7)cc6)CCCC5C4c4ccc(N5CCOCC5)cc4)cc3n2)cc1. The number of fused-ring (bicyclic) bond motifs is 2. The maximum atomic E-state index is 14.7. The minimum Gasteiger partial charge on any atom is -0.378 e. The third kappa shape index (κ3) is 7.48. The van der Waals surface area contributed by atoms with Crippen molar-refractivity contribution in [2.45, 2.75) is 51.2 Å². The highest BCUT2D eigenvalue weighted by Gasteiger charge is 2.45. The Bertz CT molecular complexity index is 2340. The van der Waals surface area contributed by atoms with Crippen molar-refractivity contribution in [2.24, 2.45) is 11.0 Å². The number of carbonyl (C=O) groups is 1. The number of hydrogen-bond acceptors (Lipinski definition) is 8. The number of allylic oxidation sites excluding steroid dienone is 1. The van der Waals surface area contributed by atoms with Gasteiger partial charge in [-0.2, -0.15) is 23.4 Å². The lowest BCUT2D eigenvalue weighted by atomic mass is 9.77. The molecule has 5 aromatic rings. The monoisotopic (exact) mass is 789 g/mol. The molecule has 2 aromatic heterocycles. The predicted octanol–water partition coefficient (Wildman–Crippen LogP) is 8.65. The Morgan fingerprint density at radius 1 is 0.828 bits per heavy atom. The molecule has 4 aliphatic rings. The second-order valence-corrected chi connectivity index (χ2v) is 15.7. The summed E-state index contributed by atoms with van der Waals surface area (Å²) in [5, 5.41) is 10.8. The van der Waals surface area contributed by atoms with Crippen LogP contribution in [-0.4, -0.2) is 83.8 Å². The van der Waals surface area contributed by atoms with Crippen molar-refractivity contribution in [2.75, 3.05) is 62.4 Å². The number of halogens is 3. The zero-order valence-electron chi connectivity index (χ0n) is 32.7. The van der Waals surface area contributed by atoms with E-state index in [9.17, 15) is 18.0 Å². The molecule has 0 radical (unpaired) electrons. The zero-order chi connectivity index (χ0) is 40.0. The van der Waals surface area contributed by atoms with Crippen LogP contribution in [0.5, 0.6) is 0 Å². The molecule has 10 nitrogen and oxygen atoms in total. The van der Waals surface area contributed by atoms with E-state index in [2.05, 4.69) is 76.2 Å². The van der Waals surface area contributed by atoms with Crippen LogP contribution in [0.4, 0.5) is 24.5 Å². The number of amides is 1. The van der Waals surface area contributed by atoms with Gasteiger partial charge >= 0.3 is 6.18 Å². The van der Waals surface area contributed by atoms with E-state index in [0.29, 0.717) is 32.0 Å². The molecule has 1 saturated carbocycles. The number of carbonyl (C=O) groups excluding carboxylic acids is 1. The highest BCUT2D eigenvalue weighted by Crippen LogP contribution is 2.45. The molecule has 1 amide bonds. The summed E-state index contributed by atoms with van der Waals surface area (Å²) in [5.41, 5.74) is 6.52. The van der Waals surface area contributed by atoms with Gasteiger partial charge in [-0.3, -0.25) is 4.79 Å². The van der Waals surface area contributed by atoms with Crippen LogP contribution in [0.15, 0.2) is 95.6 Å². The quantitative estimate of drug-likeness (QED) is 0.163. The summed E-state index contributed by atoms with van der Waals surface area (Å²) in [6.07, 6.45) is -0.108. The van der Waals surface area contributed by atoms with E-state index < -0.39 is 23.8 Å². The van der Waals surface area contributed by atoms with Gasteiger partial charge in [0.2, 0.25) is 0 Å². The standard InChI is InChI=1S/C45H46F3N7O3/c1-29(2)31-8-10-32(11-9-31)38-27-40(45(46,47)48)54-41(49-38)28-39(50-54)44(56)55-43(33-12-16-36(17-13-33)53-20-24-58-25-21-53)37-5-3-4-34(42(37)51-55)26-30-6-14-35(15-7-30)52-18-22-57-23-19-52/h6-17,26-29,37,43H,3-5,18-25H2,1-2H3/b34-26+. The van der Waals surface area contributed by atoms with Gasteiger partial charge in [0.1, 0.15) is 0 Å². The Hall–Kier alpha value is -5.53. The van der Waals surface area contributed by atoms with Gasteiger partial charge in [0.15, 0.2) is 17.0 Å². The first-order valence-electron chi connectivity index (χ1n) is 20.2. The number of nitrogens with zero attached hydrogens (tertiary/aromatic N) is 7. The van der Waals surface area contributed by atoms with Gasteiger partial charge in [-0.25, -0.2) is 14.5 Å². The van der Waals surface area contributed by atoms with Gasteiger partial charge in [0, 0.05) is 55.1 Å². The van der Waals surface area contributed by atoms with E-state index in [-0.39, 0.29) is 28.9 Å². The fraction of sp³-hybridized carbons (Fsp3) is 0.378. The van der Waals surface area contributed by atoms with Gasteiger partial charge in [-0.15, -0.1) is 0 Å². The summed E-state index contributed by atoms with van der Waals surface area (Å²) >= 11 is 0. The van der Waals surface area contributed by atoms with Crippen molar-refractivity contribution >= 4 is 34.7 Å². The molecule has 13 heteroatoms. The number of morpholine rings is 2. The summed E-state index contributed by atoms with van der Waals surface area (Å²) in [7, 11) is 0. The van der Waals surface area contributed by atoms with Gasteiger partial charge in [0.05, 0.1) is 43.9 Å². The number of anilines is 2. The molecule has 300 valence electrons. The van der Waals surface area contributed by atoms with Crippen molar-refractivity contribution < 1.29 is 27.4 Å². The molecule has 3 aromatic carbocycles. The van der Waals surface area contributed by atoms with Crippen molar-refractivity contribution in [3.8, 4) is 11.3 Å². The first-order valence-corrected chi connectivity index (χ1v) is 20.2. The molecular weight excluding hydrogens is 744 g/mol.